The second kappa shape index (κ2) is 5.37. The minimum atomic E-state index is 0.287. The molecule has 0 amide bonds. The molecule has 0 aromatic heterocycles. The van der Waals surface area contributed by atoms with Gasteiger partial charge in [0.15, 0.2) is 0 Å². The van der Waals surface area contributed by atoms with E-state index in [2.05, 4.69) is 4.90 Å². The van der Waals surface area contributed by atoms with E-state index in [1.54, 1.807) is 0 Å². The Bertz CT molecular complexity index is 348. The Kier molecular flexibility index (Phi) is 4.09. The van der Waals surface area contributed by atoms with Gasteiger partial charge >= 0.3 is 0 Å². The van der Waals surface area contributed by atoms with Crippen LogP contribution in [-0.2, 0) is 6.54 Å². The van der Waals surface area contributed by atoms with Crippen molar-refractivity contribution in [3.63, 3.8) is 0 Å². The molecule has 2 rings (SSSR count). The second-order valence-electron chi connectivity index (χ2n) is 4.34. The van der Waals surface area contributed by atoms with Crippen LogP contribution in [0.1, 0.15) is 18.4 Å². The molecule has 1 saturated heterocycles. The van der Waals surface area contributed by atoms with Gasteiger partial charge in [0, 0.05) is 34.7 Å². The Labute approximate surface area is 106 Å². The third kappa shape index (κ3) is 2.89. The molecule has 0 spiro atoms. The number of nitrogens with zero attached hydrogens (tertiary/aromatic N) is 1. The molecule has 1 atom stereocenters. The monoisotopic (exact) mass is 258 g/mol. The van der Waals surface area contributed by atoms with E-state index >= 15 is 0 Å². The summed E-state index contributed by atoms with van der Waals surface area (Å²) in [6.07, 6.45) is 2.27. The molecule has 0 bridgehead atoms. The fourth-order valence-electron chi connectivity index (χ4n) is 2.14. The maximum absolute atomic E-state index is 6.14. The molecule has 4 heteroatoms. The van der Waals surface area contributed by atoms with Gasteiger partial charge in [-0.05, 0) is 31.5 Å². The van der Waals surface area contributed by atoms with Crippen molar-refractivity contribution in [2.75, 3.05) is 13.1 Å². The van der Waals surface area contributed by atoms with Gasteiger partial charge in [-0.3, -0.25) is 4.90 Å². The summed E-state index contributed by atoms with van der Waals surface area (Å²) >= 11 is 12.3. The van der Waals surface area contributed by atoms with Gasteiger partial charge in [0.25, 0.3) is 0 Å². The molecule has 1 aliphatic rings. The van der Waals surface area contributed by atoms with Gasteiger partial charge in [0.2, 0.25) is 0 Å². The third-order valence-corrected chi connectivity index (χ3v) is 3.69. The molecule has 1 aromatic rings. The largest absolute Gasteiger partial charge is 0.327 e. The highest BCUT2D eigenvalue weighted by Gasteiger charge is 2.18. The predicted molar refractivity (Wildman–Crippen MR) is 68.9 cm³/mol. The van der Waals surface area contributed by atoms with Crippen LogP contribution in [0.4, 0.5) is 0 Å². The lowest BCUT2D eigenvalue weighted by atomic mass is 10.1. The average molecular weight is 259 g/mol. The lowest BCUT2D eigenvalue weighted by Gasteiger charge is -2.31. The van der Waals surface area contributed by atoms with Crippen molar-refractivity contribution in [3.05, 3.63) is 33.8 Å². The summed E-state index contributed by atoms with van der Waals surface area (Å²) in [5.41, 5.74) is 6.96. The van der Waals surface area contributed by atoms with E-state index in [0.29, 0.717) is 0 Å². The van der Waals surface area contributed by atoms with E-state index in [0.717, 1.165) is 48.1 Å². The second-order valence-corrected chi connectivity index (χ2v) is 5.15. The Balaban J connectivity index is 2.08. The van der Waals surface area contributed by atoms with Crippen LogP contribution in [0.15, 0.2) is 18.2 Å². The van der Waals surface area contributed by atoms with Crippen LogP contribution in [0.25, 0.3) is 0 Å². The maximum atomic E-state index is 6.14. The van der Waals surface area contributed by atoms with Gasteiger partial charge in [-0.15, -0.1) is 0 Å². The number of hydrogen-bond acceptors (Lipinski definition) is 2. The van der Waals surface area contributed by atoms with E-state index in [9.17, 15) is 0 Å². The van der Waals surface area contributed by atoms with Gasteiger partial charge in [-0.2, -0.15) is 0 Å². The molecule has 0 saturated carbocycles. The first-order valence-corrected chi connectivity index (χ1v) is 6.33. The summed E-state index contributed by atoms with van der Waals surface area (Å²) in [6.45, 7) is 2.81. The first-order chi connectivity index (χ1) is 7.66. The molecule has 2 nitrogen and oxygen atoms in total. The normalized spacial score (nSPS) is 22.3. The minimum absolute atomic E-state index is 0.287. The summed E-state index contributed by atoms with van der Waals surface area (Å²) in [6, 6.07) is 5.92. The van der Waals surface area contributed by atoms with Crippen molar-refractivity contribution >= 4 is 23.2 Å². The zero-order valence-electron chi connectivity index (χ0n) is 9.13. The Morgan fingerprint density at radius 1 is 1.31 bits per heavy atom. The van der Waals surface area contributed by atoms with Crippen molar-refractivity contribution in [2.45, 2.75) is 25.4 Å². The smallest absolute Gasteiger partial charge is 0.0465 e. The Morgan fingerprint density at radius 2 is 2.00 bits per heavy atom. The molecular formula is C12H16Cl2N2. The number of likely N-dealkylation sites (tertiary alicyclic amines) is 1. The van der Waals surface area contributed by atoms with Gasteiger partial charge in [-0.1, -0.05) is 29.3 Å². The van der Waals surface area contributed by atoms with Crippen molar-refractivity contribution in [1.29, 1.82) is 0 Å². The molecule has 0 radical (unpaired) electrons. The molecule has 1 unspecified atom stereocenters. The van der Waals surface area contributed by atoms with Crippen molar-refractivity contribution in [1.82, 2.24) is 4.90 Å². The third-order valence-electron chi connectivity index (χ3n) is 2.99. The lowest BCUT2D eigenvalue weighted by molar-refractivity contribution is 0.201. The molecule has 88 valence electrons. The quantitative estimate of drug-likeness (QED) is 0.884. The number of hydrogen-bond donors (Lipinski definition) is 1. The summed E-state index contributed by atoms with van der Waals surface area (Å²) in [4.78, 5) is 2.32. The maximum Gasteiger partial charge on any atom is 0.0465 e. The van der Waals surface area contributed by atoms with Gasteiger partial charge in [-0.25, -0.2) is 0 Å². The van der Waals surface area contributed by atoms with Gasteiger partial charge < -0.3 is 5.73 Å². The van der Waals surface area contributed by atoms with Gasteiger partial charge in [0.1, 0.15) is 0 Å². The van der Waals surface area contributed by atoms with Crippen LogP contribution in [-0.4, -0.2) is 24.0 Å². The number of nitrogens with two attached hydrogens (primary N) is 1. The molecule has 1 fully saturated rings. The number of piperidine rings is 1. The highest BCUT2D eigenvalue weighted by Crippen LogP contribution is 2.26. The highest BCUT2D eigenvalue weighted by molar-refractivity contribution is 6.35. The molecule has 1 aliphatic heterocycles. The van der Waals surface area contributed by atoms with Crippen LogP contribution < -0.4 is 5.73 Å². The first kappa shape index (κ1) is 12.2. The summed E-state index contributed by atoms with van der Waals surface area (Å²) in [7, 11) is 0. The summed E-state index contributed by atoms with van der Waals surface area (Å²) in [5, 5.41) is 1.48. The summed E-state index contributed by atoms with van der Waals surface area (Å²) in [5.74, 6) is 0. The van der Waals surface area contributed by atoms with Crippen LogP contribution >= 0.6 is 23.2 Å². The number of benzene rings is 1. The zero-order chi connectivity index (χ0) is 11.5. The van der Waals surface area contributed by atoms with Crippen molar-refractivity contribution in [2.24, 2.45) is 5.73 Å². The average Bonchev–Trinajstić information content (AvgIpc) is 2.24. The van der Waals surface area contributed by atoms with E-state index < -0.39 is 0 Å². The number of rotatable bonds is 2. The van der Waals surface area contributed by atoms with Crippen molar-refractivity contribution < 1.29 is 0 Å². The fourth-order valence-corrected chi connectivity index (χ4v) is 2.66. The van der Waals surface area contributed by atoms with E-state index in [-0.39, 0.29) is 6.04 Å². The SMILES string of the molecule is NC1CCCN(Cc2c(Cl)cccc2Cl)C1. The molecule has 1 aromatic carbocycles. The standard InChI is InChI=1S/C12H16Cl2N2/c13-11-4-1-5-12(14)10(11)8-16-6-2-3-9(15)7-16/h1,4-5,9H,2-3,6-8,15H2. The van der Waals surface area contributed by atoms with E-state index in [1.165, 1.54) is 0 Å². The van der Waals surface area contributed by atoms with Crippen molar-refractivity contribution in [3.8, 4) is 0 Å². The fraction of sp³-hybridized carbons (Fsp3) is 0.500. The molecule has 2 N–H and O–H groups in total. The molecule has 0 aliphatic carbocycles. The topological polar surface area (TPSA) is 29.3 Å². The first-order valence-electron chi connectivity index (χ1n) is 5.57. The Hall–Kier alpha value is -0.280. The minimum Gasteiger partial charge on any atom is -0.327 e. The number of halogens is 2. The van der Waals surface area contributed by atoms with Crippen LogP contribution in [0.5, 0.6) is 0 Å². The van der Waals surface area contributed by atoms with Crippen LogP contribution in [0.3, 0.4) is 0 Å². The Morgan fingerprint density at radius 3 is 2.62 bits per heavy atom. The predicted octanol–water partition coefficient (Wildman–Crippen LogP) is 2.92. The summed E-state index contributed by atoms with van der Waals surface area (Å²) < 4.78 is 0. The lowest BCUT2D eigenvalue weighted by Crippen LogP contribution is -2.42. The molecular weight excluding hydrogens is 243 g/mol. The van der Waals surface area contributed by atoms with E-state index in [1.807, 2.05) is 18.2 Å². The van der Waals surface area contributed by atoms with Crippen LogP contribution in [0.2, 0.25) is 10.0 Å². The molecule has 1 heterocycles. The molecule has 16 heavy (non-hydrogen) atoms. The zero-order valence-corrected chi connectivity index (χ0v) is 10.6. The van der Waals surface area contributed by atoms with Gasteiger partial charge in [0.05, 0.1) is 0 Å². The van der Waals surface area contributed by atoms with Crippen LogP contribution in [0, 0.1) is 0 Å². The highest BCUT2D eigenvalue weighted by atomic mass is 35.5. The van der Waals surface area contributed by atoms with E-state index in [4.69, 9.17) is 28.9 Å².